The molecule has 4 N–H and O–H groups in total. The summed E-state index contributed by atoms with van der Waals surface area (Å²) in [6.45, 7) is 4.13. The molecular formula is C10H21NO2. The molecule has 1 saturated carbocycles. The molecule has 0 radical (unpaired) electrons. The molecule has 0 aliphatic heterocycles. The molecular weight excluding hydrogens is 166 g/mol. The summed E-state index contributed by atoms with van der Waals surface area (Å²) in [5, 5.41) is 19.3. The van der Waals surface area contributed by atoms with E-state index in [4.69, 9.17) is 5.73 Å². The molecule has 0 aromatic rings. The van der Waals surface area contributed by atoms with Crippen LogP contribution >= 0.6 is 0 Å². The van der Waals surface area contributed by atoms with Gasteiger partial charge in [0.1, 0.15) is 0 Å². The standard InChI is InChI=1S/C10H21NO2/c1-6(2)5-8(11)10(13)9(12)7-3-4-7/h6-10,12-13H,3-5,11H2,1-2H3/t8-,9-,10+/m0/s1. The Kier molecular flexibility index (Phi) is 3.71. The zero-order valence-electron chi connectivity index (χ0n) is 8.48. The first kappa shape index (κ1) is 11.0. The van der Waals surface area contributed by atoms with Crippen LogP contribution in [-0.2, 0) is 0 Å². The van der Waals surface area contributed by atoms with E-state index in [9.17, 15) is 10.2 Å². The summed E-state index contributed by atoms with van der Waals surface area (Å²) in [4.78, 5) is 0. The molecule has 0 aromatic heterocycles. The second kappa shape index (κ2) is 4.40. The number of hydrogen-bond acceptors (Lipinski definition) is 3. The minimum Gasteiger partial charge on any atom is -0.390 e. The van der Waals surface area contributed by atoms with Crippen molar-refractivity contribution >= 4 is 0 Å². The summed E-state index contributed by atoms with van der Waals surface area (Å²) in [7, 11) is 0. The van der Waals surface area contributed by atoms with E-state index in [1.165, 1.54) is 0 Å². The van der Waals surface area contributed by atoms with E-state index < -0.39 is 12.2 Å². The largest absolute Gasteiger partial charge is 0.390 e. The van der Waals surface area contributed by atoms with Gasteiger partial charge in [0.25, 0.3) is 0 Å². The van der Waals surface area contributed by atoms with Gasteiger partial charge in [-0.15, -0.1) is 0 Å². The van der Waals surface area contributed by atoms with E-state index in [1.807, 2.05) is 0 Å². The molecule has 0 aromatic carbocycles. The van der Waals surface area contributed by atoms with E-state index in [0.29, 0.717) is 11.8 Å². The highest BCUT2D eigenvalue weighted by molar-refractivity contribution is 4.89. The van der Waals surface area contributed by atoms with Crippen LogP contribution in [0.2, 0.25) is 0 Å². The predicted octanol–water partition coefficient (Wildman–Crippen LogP) is 0.492. The molecule has 1 aliphatic rings. The summed E-state index contributed by atoms with van der Waals surface area (Å²) in [5.74, 6) is 0.768. The van der Waals surface area contributed by atoms with Gasteiger partial charge in [-0.3, -0.25) is 0 Å². The maximum atomic E-state index is 9.67. The Morgan fingerprint density at radius 2 is 1.85 bits per heavy atom. The quantitative estimate of drug-likeness (QED) is 0.587. The predicted molar refractivity (Wildman–Crippen MR) is 52.2 cm³/mol. The number of aliphatic hydroxyl groups is 2. The lowest BCUT2D eigenvalue weighted by atomic mass is 9.95. The molecule has 0 unspecified atom stereocenters. The first-order valence-corrected chi connectivity index (χ1v) is 5.14. The Morgan fingerprint density at radius 3 is 2.23 bits per heavy atom. The maximum absolute atomic E-state index is 9.67. The first-order valence-electron chi connectivity index (χ1n) is 5.14. The van der Waals surface area contributed by atoms with Crippen molar-refractivity contribution in [2.24, 2.45) is 17.6 Å². The van der Waals surface area contributed by atoms with Gasteiger partial charge in [0.05, 0.1) is 12.2 Å². The van der Waals surface area contributed by atoms with Gasteiger partial charge in [-0.05, 0) is 31.1 Å². The Labute approximate surface area is 79.9 Å². The second-order valence-electron chi connectivity index (χ2n) is 4.61. The third-order valence-electron chi connectivity index (χ3n) is 2.64. The van der Waals surface area contributed by atoms with Gasteiger partial charge in [0.15, 0.2) is 0 Å². The van der Waals surface area contributed by atoms with Crippen molar-refractivity contribution in [2.75, 3.05) is 0 Å². The van der Waals surface area contributed by atoms with E-state index in [0.717, 1.165) is 19.3 Å². The molecule has 0 bridgehead atoms. The van der Waals surface area contributed by atoms with Crippen molar-refractivity contribution in [2.45, 2.75) is 51.4 Å². The van der Waals surface area contributed by atoms with E-state index in [2.05, 4.69) is 13.8 Å². The molecule has 78 valence electrons. The van der Waals surface area contributed by atoms with Gasteiger partial charge in [0.2, 0.25) is 0 Å². The zero-order chi connectivity index (χ0) is 10.0. The fourth-order valence-corrected chi connectivity index (χ4v) is 1.65. The van der Waals surface area contributed by atoms with E-state index in [1.54, 1.807) is 0 Å². The van der Waals surface area contributed by atoms with Gasteiger partial charge in [0, 0.05) is 6.04 Å². The molecule has 1 rings (SSSR count). The monoisotopic (exact) mass is 187 g/mol. The lowest BCUT2D eigenvalue weighted by molar-refractivity contribution is -0.0116. The summed E-state index contributed by atoms with van der Waals surface area (Å²) < 4.78 is 0. The van der Waals surface area contributed by atoms with Crippen molar-refractivity contribution < 1.29 is 10.2 Å². The minimum absolute atomic E-state index is 0.282. The second-order valence-corrected chi connectivity index (χ2v) is 4.61. The lowest BCUT2D eigenvalue weighted by Gasteiger charge is -2.24. The van der Waals surface area contributed by atoms with Gasteiger partial charge < -0.3 is 15.9 Å². The summed E-state index contributed by atoms with van der Waals surface area (Å²) in [6.07, 6.45) is 1.49. The average Bonchev–Trinajstić information content (AvgIpc) is 2.82. The van der Waals surface area contributed by atoms with Gasteiger partial charge >= 0.3 is 0 Å². The highest BCUT2D eigenvalue weighted by atomic mass is 16.3. The van der Waals surface area contributed by atoms with Crippen molar-refractivity contribution in [1.29, 1.82) is 0 Å². The van der Waals surface area contributed by atoms with Crippen LogP contribution < -0.4 is 5.73 Å². The highest BCUT2D eigenvalue weighted by Gasteiger charge is 2.36. The lowest BCUT2D eigenvalue weighted by Crippen LogP contribution is -2.44. The van der Waals surface area contributed by atoms with Crippen LogP contribution in [0.4, 0.5) is 0 Å². The number of nitrogens with two attached hydrogens (primary N) is 1. The van der Waals surface area contributed by atoms with Crippen LogP contribution in [0, 0.1) is 11.8 Å². The fraction of sp³-hybridized carbons (Fsp3) is 1.00. The first-order chi connectivity index (χ1) is 6.02. The van der Waals surface area contributed by atoms with Crippen LogP contribution in [-0.4, -0.2) is 28.5 Å². The third-order valence-corrected chi connectivity index (χ3v) is 2.64. The normalized spacial score (nSPS) is 24.5. The van der Waals surface area contributed by atoms with E-state index in [-0.39, 0.29) is 6.04 Å². The number of rotatable bonds is 5. The number of aliphatic hydroxyl groups excluding tert-OH is 2. The fourth-order valence-electron chi connectivity index (χ4n) is 1.65. The van der Waals surface area contributed by atoms with Gasteiger partial charge in [-0.1, -0.05) is 13.8 Å². The van der Waals surface area contributed by atoms with Crippen LogP contribution in [0.1, 0.15) is 33.1 Å². The summed E-state index contributed by atoms with van der Waals surface area (Å²) in [5.41, 5.74) is 5.77. The third kappa shape index (κ3) is 3.25. The molecule has 0 amide bonds. The van der Waals surface area contributed by atoms with Crippen molar-refractivity contribution in [1.82, 2.24) is 0 Å². The molecule has 13 heavy (non-hydrogen) atoms. The molecule has 0 heterocycles. The average molecular weight is 187 g/mol. The van der Waals surface area contributed by atoms with Gasteiger partial charge in [-0.2, -0.15) is 0 Å². The van der Waals surface area contributed by atoms with Gasteiger partial charge in [-0.25, -0.2) is 0 Å². The van der Waals surface area contributed by atoms with Crippen LogP contribution in [0.25, 0.3) is 0 Å². The summed E-state index contributed by atoms with van der Waals surface area (Å²) >= 11 is 0. The highest BCUT2D eigenvalue weighted by Crippen LogP contribution is 2.34. The van der Waals surface area contributed by atoms with Crippen LogP contribution in [0.15, 0.2) is 0 Å². The Hall–Kier alpha value is -0.120. The zero-order valence-corrected chi connectivity index (χ0v) is 8.48. The topological polar surface area (TPSA) is 66.5 Å². The van der Waals surface area contributed by atoms with Crippen molar-refractivity contribution in [3.63, 3.8) is 0 Å². The Balaban J connectivity index is 2.31. The molecule has 0 saturated heterocycles. The van der Waals surface area contributed by atoms with Crippen molar-refractivity contribution in [3.8, 4) is 0 Å². The maximum Gasteiger partial charge on any atom is 0.0952 e. The smallest absolute Gasteiger partial charge is 0.0952 e. The molecule has 0 spiro atoms. The van der Waals surface area contributed by atoms with Crippen molar-refractivity contribution in [3.05, 3.63) is 0 Å². The van der Waals surface area contributed by atoms with Crippen LogP contribution in [0.5, 0.6) is 0 Å². The molecule has 3 heteroatoms. The molecule has 3 nitrogen and oxygen atoms in total. The summed E-state index contributed by atoms with van der Waals surface area (Å²) in [6, 6.07) is -0.282. The van der Waals surface area contributed by atoms with Crippen LogP contribution in [0.3, 0.4) is 0 Å². The minimum atomic E-state index is -0.741. The molecule has 1 fully saturated rings. The SMILES string of the molecule is CC(C)C[C@H](N)[C@@H](O)[C@@H](O)C1CC1. The molecule has 1 aliphatic carbocycles. The molecule has 3 atom stereocenters. The Morgan fingerprint density at radius 1 is 1.31 bits per heavy atom. The van der Waals surface area contributed by atoms with E-state index >= 15 is 0 Å². The Bertz CT molecular complexity index is 157. The number of hydrogen-bond donors (Lipinski definition) is 3.